The standard InChI is InChI=1S/C12H16N2O5/c1-8(2)7-19-12(15)13-10-6-9(18-3)4-5-11(10)14(16)17/h4-6,8H,7H2,1-3H3,(H,13,15). The molecule has 0 aromatic heterocycles. The van der Waals surface area contributed by atoms with Crippen LogP contribution >= 0.6 is 0 Å². The topological polar surface area (TPSA) is 90.7 Å². The highest BCUT2D eigenvalue weighted by Gasteiger charge is 2.17. The highest BCUT2D eigenvalue weighted by atomic mass is 16.6. The van der Waals surface area contributed by atoms with Crippen LogP contribution in [-0.4, -0.2) is 24.7 Å². The van der Waals surface area contributed by atoms with E-state index in [2.05, 4.69) is 5.32 Å². The van der Waals surface area contributed by atoms with Crippen LogP contribution in [-0.2, 0) is 4.74 Å². The van der Waals surface area contributed by atoms with Gasteiger partial charge in [0.1, 0.15) is 11.4 Å². The molecule has 0 saturated carbocycles. The van der Waals surface area contributed by atoms with Crippen molar-refractivity contribution in [2.45, 2.75) is 13.8 Å². The summed E-state index contributed by atoms with van der Waals surface area (Å²) in [6.45, 7) is 4.02. The van der Waals surface area contributed by atoms with E-state index >= 15 is 0 Å². The maximum absolute atomic E-state index is 11.5. The molecule has 7 heteroatoms. The van der Waals surface area contributed by atoms with Crippen LogP contribution in [0.3, 0.4) is 0 Å². The van der Waals surface area contributed by atoms with E-state index in [0.717, 1.165) is 0 Å². The van der Waals surface area contributed by atoms with E-state index in [1.54, 1.807) is 0 Å². The molecule has 1 aromatic rings. The Bertz CT molecular complexity index is 473. The van der Waals surface area contributed by atoms with Crippen LogP contribution in [0.1, 0.15) is 13.8 Å². The number of hydrogen-bond acceptors (Lipinski definition) is 5. The van der Waals surface area contributed by atoms with Crippen molar-refractivity contribution in [2.75, 3.05) is 19.0 Å². The predicted octanol–water partition coefficient (Wildman–Crippen LogP) is 2.81. The summed E-state index contributed by atoms with van der Waals surface area (Å²) in [5.41, 5.74) is -0.180. The lowest BCUT2D eigenvalue weighted by atomic mass is 10.2. The molecule has 7 nitrogen and oxygen atoms in total. The van der Waals surface area contributed by atoms with Crippen LogP contribution in [0.2, 0.25) is 0 Å². The van der Waals surface area contributed by atoms with Crippen LogP contribution < -0.4 is 10.1 Å². The smallest absolute Gasteiger partial charge is 0.411 e. The van der Waals surface area contributed by atoms with Gasteiger partial charge in [0.05, 0.1) is 18.6 Å². The minimum atomic E-state index is -0.731. The summed E-state index contributed by atoms with van der Waals surface area (Å²) in [5.74, 6) is 0.593. The molecule has 0 aliphatic carbocycles. The Morgan fingerprint density at radius 1 is 1.47 bits per heavy atom. The van der Waals surface area contributed by atoms with Gasteiger partial charge in [-0.15, -0.1) is 0 Å². The summed E-state index contributed by atoms with van der Waals surface area (Å²) in [7, 11) is 1.43. The van der Waals surface area contributed by atoms with Crippen LogP contribution in [0.4, 0.5) is 16.2 Å². The maximum Gasteiger partial charge on any atom is 0.411 e. The SMILES string of the molecule is COc1ccc([N+](=O)[O-])c(NC(=O)OCC(C)C)c1. The zero-order chi connectivity index (χ0) is 14.4. The lowest BCUT2D eigenvalue weighted by Crippen LogP contribution is -2.17. The molecule has 0 aliphatic rings. The molecule has 19 heavy (non-hydrogen) atoms. The number of rotatable bonds is 5. The van der Waals surface area contributed by atoms with Gasteiger partial charge in [0.25, 0.3) is 5.69 Å². The Labute approximate surface area is 110 Å². The van der Waals surface area contributed by atoms with Gasteiger partial charge in [0, 0.05) is 12.1 Å². The number of carbonyl (C=O) groups excluding carboxylic acids is 1. The second-order valence-electron chi connectivity index (χ2n) is 4.26. The van der Waals surface area contributed by atoms with Crippen molar-refractivity contribution in [3.8, 4) is 5.75 Å². The lowest BCUT2D eigenvalue weighted by molar-refractivity contribution is -0.383. The third-order valence-electron chi connectivity index (χ3n) is 2.18. The number of nitro benzene ring substituents is 1. The van der Waals surface area contributed by atoms with Gasteiger partial charge in [0.2, 0.25) is 0 Å². The lowest BCUT2D eigenvalue weighted by Gasteiger charge is -2.10. The predicted molar refractivity (Wildman–Crippen MR) is 69.5 cm³/mol. The molecule has 0 fully saturated rings. The molecular weight excluding hydrogens is 252 g/mol. The summed E-state index contributed by atoms with van der Waals surface area (Å²) in [5, 5.41) is 13.2. The van der Waals surface area contributed by atoms with Crippen LogP contribution in [0, 0.1) is 16.0 Å². The van der Waals surface area contributed by atoms with E-state index < -0.39 is 11.0 Å². The zero-order valence-electron chi connectivity index (χ0n) is 11.0. The van der Waals surface area contributed by atoms with Crippen LogP contribution in [0.5, 0.6) is 5.75 Å². The Kier molecular flexibility index (Phi) is 5.11. The van der Waals surface area contributed by atoms with Gasteiger partial charge >= 0.3 is 6.09 Å². The maximum atomic E-state index is 11.5. The van der Waals surface area contributed by atoms with Gasteiger partial charge in [-0.2, -0.15) is 0 Å². The first kappa shape index (κ1) is 14.7. The minimum absolute atomic E-state index is 0.0399. The van der Waals surface area contributed by atoms with Gasteiger partial charge in [-0.25, -0.2) is 4.79 Å². The Morgan fingerprint density at radius 2 is 2.16 bits per heavy atom. The molecule has 1 N–H and O–H groups in total. The molecule has 0 saturated heterocycles. The number of amides is 1. The number of nitrogens with one attached hydrogen (secondary N) is 1. The summed E-state index contributed by atoms with van der Waals surface area (Å²) in [6.07, 6.45) is -0.731. The summed E-state index contributed by atoms with van der Waals surface area (Å²) in [4.78, 5) is 21.8. The largest absolute Gasteiger partial charge is 0.497 e. The highest BCUT2D eigenvalue weighted by molar-refractivity contribution is 5.88. The van der Waals surface area contributed by atoms with Crippen molar-refractivity contribution in [2.24, 2.45) is 5.92 Å². The van der Waals surface area contributed by atoms with Gasteiger partial charge in [-0.05, 0) is 12.0 Å². The highest BCUT2D eigenvalue weighted by Crippen LogP contribution is 2.28. The van der Waals surface area contributed by atoms with Crippen molar-refractivity contribution in [1.29, 1.82) is 0 Å². The third kappa shape index (κ3) is 4.46. The first-order chi connectivity index (χ1) is 8.93. The fraction of sp³-hybridized carbons (Fsp3) is 0.417. The molecule has 1 rings (SSSR count). The van der Waals surface area contributed by atoms with E-state index in [1.807, 2.05) is 13.8 Å². The molecule has 0 unspecified atom stereocenters. The number of anilines is 1. The molecule has 0 aliphatic heterocycles. The van der Waals surface area contributed by atoms with Gasteiger partial charge in [0.15, 0.2) is 0 Å². The monoisotopic (exact) mass is 268 g/mol. The van der Waals surface area contributed by atoms with E-state index in [-0.39, 0.29) is 23.9 Å². The minimum Gasteiger partial charge on any atom is -0.497 e. The number of nitrogens with zero attached hydrogens (tertiary/aromatic N) is 1. The number of methoxy groups -OCH3 is 1. The average molecular weight is 268 g/mol. The summed E-state index contributed by atoms with van der Waals surface area (Å²) >= 11 is 0. The molecular formula is C12H16N2O5. The van der Waals surface area contributed by atoms with Gasteiger partial charge in [-0.1, -0.05) is 13.8 Å². The van der Waals surface area contributed by atoms with E-state index in [1.165, 1.54) is 25.3 Å². The van der Waals surface area contributed by atoms with Crippen LogP contribution in [0.15, 0.2) is 18.2 Å². The average Bonchev–Trinajstić information content (AvgIpc) is 2.35. The number of benzene rings is 1. The van der Waals surface area contributed by atoms with Crippen molar-refractivity contribution >= 4 is 17.5 Å². The second-order valence-corrected chi connectivity index (χ2v) is 4.26. The fourth-order valence-electron chi connectivity index (χ4n) is 1.29. The zero-order valence-corrected chi connectivity index (χ0v) is 11.0. The molecule has 0 spiro atoms. The molecule has 0 radical (unpaired) electrons. The summed E-state index contributed by atoms with van der Waals surface area (Å²) in [6, 6.07) is 4.08. The number of carbonyl (C=O) groups is 1. The fourth-order valence-corrected chi connectivity index (χ4v) is 1.29. The van der Waals surface area contributed by atoms with E-state index in [0.29, 0.717) is 5.75 Å². The molecule has 0 atom stereocenters. The quantitative estimate of drug-likeness (QED) is 0.655. The Hall–Kier alpha value is -2.31. The van der Waals surface area contributed by atoms with Crippen molar-refractivity contribution in [3.05, 3.63) is 28.3 Å². The van der Waals surface area contributed by atoms with Crippen LogP contribution in [0.25, 0.3) is 0 Å². The van der Waals surface area contributed by atoms with Crippen molar-refractivity contribution in [3.63, 3.8) is 0 Å². The summed E-state index contributed by atoms with van der Waals surface area (Å²) < 4.78 is 9.86. The molecule has 0 heterocycles. The molecule has 0 bridgehead atoms. The van der Waals surface area contributed by atoms with Crippen molar-refractivity contribution in [1.82, 2.24) is 0 Å². The number of nitro groups is 1. The normalized spacial score (nSPS) is 10.1. The Morgan fingerprint density at radius 3 is 2.68 bits per heavy atom. The Balaban J connectivity index is 2.85. The molecule has 1 aromatic carbocycles. The molecule has 1 amide bonds. The van der Waals surface area contributed by atoms with E-state index in [9.17, 15) is 14.9 Å². The van der Waals surface area contributed by atoms with E-state index in [4.69, 9.17) is 9.47 Å². The molecule has 104 valence electrons. The van der Waals surface area contributed by atoms with Gasteiger partial charge in [-0.3, -0.25) is 15.4 Å². The second kappa shape index (κ2) is 6.58. The van der Waals surface area contributed by atoms with Gasteiger partial charge < -0.3 is 9.47 Å². The first-order valence-corrected chi connectivity index (χ1v) is 5.70. The third-order valence-corrected chi connectivity index (χ3v) is 2.18. The number of ether oxygens (including phenoxy) is 2. The van der Waals surface area contributed by atoms with Crippen molar-refractivity contribution < 1.29 is 19.2 Å². The number of hydrogen-bond donors (Lipinski definition) is 1. The first-order valence-electron chi connectivity index (χ1n) is 5.70.